The molecule has 0 amide bonds. The molecular formula is C43H63F3N6O3. The van der Waals surface area contributed by atoms with E-state index in [2.05, 4.69) is 37.4 Å². The van der Waals surface area contributed by atoms with Crippen LogP contribution in [-0.2, 0) is 22.8 Å². The Balaban J connectivity index is 0.000000259. The number of pyridine rings is 1. The summed E-state index contributed by atoms with van der Waals surface area (Å²) in [5.41, 5.74) is 0.663. The lowest BCUT2D eigenvalue weighted by Gasteiger charge is -2.61. The van der Waals surface area contributed by atoms with Crippen molar-refractivity contribution in [1.82, 2.24) is 30.5 Å². The van der Waals surface area contributed by atoms with Crippen molar-refractivity contribution < 1.29 is 27.5 Å². The Morgan fingerprint density at radius 2 is 1.51 bits per heavy atom. The minimum atomic E-state index is -4.46. The zero-order valence-electron chi connectivity index (χ0n) is 33.1. The van der Waals surface area contributed by atoms with Crippen molar-refractivity contribution in [1.29, 1.82) is 0 Å². The summed E-state index contributed by atoms with van der Waals surface area (Å²) < 4.78 is 44.8. The summed E-state index contributed by atoms with van der Waals surface area (Å²) in [4.78, 5) is 22.3. The Morgan fingerprint density at radius 1 is 0.855 bits per heavy atom. The van der Waals surface area contributed by atoms with E-state index >= 15 is 0 Å². The van der Waals surface area contributed by atoms with Gasteiger partial charge in [-0.3, -0.25) is 9.78 Å². The van der Waals surface area contributed by atoms with Crippen LogP contribution < -0.4 is 5.32 Å². The van der Waals surface area contributed by atoms with Gasteiger partial charge in [0, 0.05) is 30.0 Å². The molecule has 4 saturated carbocycles. The highest BCUT2D eigenvalue weighted by Gasteiger charge is 2.60. The molecule has 0 saturated heterocycles. The predicted octanol–water partition coefficient (Wildman–Crippen LogP) is 11.0. The molecule has 9 nitrogen and oxygen atoms in total. The topological polar surface area (TPSA) is 127 Å². The highest BCUT2D eigenvalue weighted by Crippen LogP contribution is 2.62. The SMILES string of the molecule is CCCCCCCCCCNC12CC3CC(C1)CC(c1nnc(-c4ccc(C(F)(F)F)nc4)o1)(C3)C2.Cc1nccc(CCCCCCCCCC(=O)O)n1. The third kappa shape index (κ3) is 13.1. The lowest BCUT2D eigenvalue weighted by molar-refractivity contribution is -0.141. The second kappa shape index (κ2) is 20.7. The molecule has 2 N–H and O–H groups in total. The lowest BCUT2D eigenvalue weighted by atomic mass is 9.46. The fourth-order valence-corrected chi connectivity index (χ4v) is 9.68. The largest absolute Gasteiger partial charge is 0.481 e. The van der Waals surface area contributed by atoms with Crippen LogP contribution in [0.1, 0.15) is 171 Å². The molecule has 3 heterocycles. The van der Waals surface area contributed by atoms with Gasteiger partial charge in [-0.15, -0.1) is 10.2 Å². The van der Waals surface area contributed by atoms with Crippen LogP contribution >= 0.6 is 0 Å². The van der Waals surface area contributed by atoms with Gasteiger partial charge >= 0.3 is 12.1 Å². The van der Waals surface area contributed by atoms with E-state index in [1.54, 1.807) is 0 Å². The Morgan fingerprint density at radius 3 is 2.13 bits per heavy atom. The normalized spacial score (nSPS) is 22.8. The number of carbonyl (C=O) groups is 1. The molecule has 0 radical (unpaired) electrons. The van der Waals surface area contributed by atoms with E-state index in [1.165, 1.54) is 109 Å². The maximum Gasteiger partial charge on any atom is 0.433 e. The average Bonchev–Trinajstić information content (AvgIpc) is 3.65. The van der Waals surface area contributed by atoms with Crippen LogP contribution in [0.25, 0.3) is 11.5 Å². The number of nitrogens with zero attached hydrogens (tertiary/aromatic N) is 5. The zero-order chi connectivity index (χ0) is 39.2. The molecule has 0 spiro atoms. The number of aromatic nitrogens is 5. The molecule has 12 heteroatoms. The van der Waals surface area contributed by atoms with Crippen LogP contribution in [0.5, 0.6) is 0 Å². The number of carboxylic acids is 1. The molecule has 0 aliphatic heterocycles. The van der Waals surface area contributed by atoms with Crippen molar-refractivity contribution in [2.24, 2.45) is 11.8 Å². The first-order chi connectivity index (χ1) is 26.5. The maximum absolute atomic E-state index is 12.9. The van der Waals surface area contributed by atoms with E-state index in [4.69, 9.17) is 9.52 Å². The fraction of sp³-hybridized carbons (Fsp3) is 0.721. The van der Waals surface area contributed by atoms with Crippen molar-refractivity contribution in [3.63, 3.8) is 0 Å². The molecule has 55 heavy (non-hydrogen) atoms. The first-order valence-electron chi connectivity index (χ1n) is 21.1. The number of unbranched alkanes of at least 4 members (excludes halogenated alkanes) is 13. The van der Waals surface area contributed by atoms with E-state index < -0.39 is 17.8 Å². The number of alkyl halides is 3. The number of hydrogen-bond donors (Lipinski definition) is 2. The molecule has 304 valence electrons. The first kappa shape index (κ1) is 42.7. The van der Waals surface area contributed by atoms with E-state index in [1.807, 2.05) is 19.2 Å². The monoisotopic (exact) mass is 768 g/mol. The Hall–Kier alpha value is -3.41. The summed E-state index contributed by atoms with van der Waals surface area (Å²) in [5.74, 6) is 2.41. The number of nitrogens with one attached hydrogen (secondary N) is 1. The minimum Gasteiger partial charge on any atom is -0.481 e. The zero-order valence-corrected chi connectivity index (χ0v) is 33.1. The van der Waals surface area contributed by atoms with Gasteiger partial charge in [0.15, 0.2) is 0 Å². The van der Waals surface area contributed by atoms with Crippen molar-refractivity contribution >= 4 is 5.97 Å². The second-order valence-corrected chi connectivity index (χ2v) is 16.7. The summed E-state index contributed by atoms with van der Waals surface area (Å²) in [6.07, 6.45) is 25.2. The van der Waals surface area contributed by atoms with Gasteiger partial charge < -0.3 is 14.8 Å². The van der Waals surface area contributed by atoms with Crippen LogP contribution in [0, 0.1) is 18.8 Å². The van der Waals surface area contributed by atoms with Crippen LogP contribution in [0.3, 0.4) is 0 Å². The summed E-state index contributed by atoms with van der Waals surface area (Å²) in [6, 6.07) is 4.31. The van der Waals surface area contributed by atoms with Crippen LogP contribution in [-0.4, -0.2) is 48.3 Å². The van der Waals surface area contributed by atoms with Gasteiger partial charge in [0.25, 0.3) is 0 Å². The summed E-state index contributed by atoms with van der Waals surface area (Å²) in [7, 11) is 0. The quantitative estimate of drug-likeness (QED) is 0.0960. The summed E-state index contributed by atoms with van der Waals surface area (Å²) in [5, 5.41) is 21.2. The first-order valence-corrected chi connectivity index (χ1v) is 21.1. The molecule has 4 aliphatic carbocycles. The third-order valence-corrected chi connectivity index (χ3v) is 11.9. The summed E-state index contributed by atoms with van der Waals surface area (Å²) >= 11 is 0. The van der Waals surface area contributed by atoms with Crippen LogP contribution in [0.2, 0.25) is 0 Å². The van der Waals surface area contributed by atoms with E-state index in [9.17, 15) is 18.0 Å². The fourth-order valence-electron chi connectivity index (χ4n) is 9.68. The highest BCUT2D eigenvalue weighted by atomic mass is 19.4. The minimum absolute atomic E-state index is 0.124. The van der Waals surface area contributed by atoms with Gasteiger partial charge in [-0.1, -0.05) is 84.0 Å². The molecule has 2 unspecified atom stereocenters. The Bertz CT molecular complexity index is 1580. The van der Waals surface area contributed by atoms with Crippen molar-refractivity contribution in [2.45, 2.75) is 179 Å². The van der Waals surface area contributed by atoms with Gasteiger partial charge in [-0.2, -0.15) is 13.2 Å². The lowest BCUT2D eigenvalue weighted by Crippen LogP contribution is -2.63. The Labute approximate surface area is 325 Å². The van der Waals surface area contributed by atoms with Gasteiger partial charge in [-0.25, -0.2) is 9.97 Å². The number of rotatable bonds is 22. The average molecular weight is 769 g/mol. The number of aliphatic carboxylic acids is 1. The molecule has 3 aromatic rings. The molecule has 0 aromatic carbocycles. The van der Waals surface area contributed by atoms with Gasteiger partial charge in [0.1, 0.15) is 11.5 Å². The maximum atomic E-state index is 12.9. The standard InChI is InChI=1S/C28H39F3N4O.C15H24N2O2/c1-2-3-4-5-6-7-8-9-12-33-27-16-20-13-21(17-27)15-26(14-20,19-27)25-35-34-24(36-25)22-10-11-23(32-18-22)28(29,30)31;1-13-16-12-11-14(17-13)9-7-5-3-2-4-6-8-10-15(18)19/h10-11,18,20-21,33H,2-9,12-17,19H2,1H3;11-12H,2-10H2,1H3,(H,18,19). The number of carboxylic acid groups (broad SMARTS) is 1. The van der Waals surface area contributed by atoms with Gasteiger partial charge in [0.2, 0.25) is 11.8 Å². The number of halogens is 3. The Kier molecular flexibility index (Phi) is 16.1. The number of hydrogen-bond acceptors (Lipinski definition) is 8. The highest BCUT2D eigenvalue weighted by molar-refractivity contribution is 5.66. The molecule has 3 aromatic heterocycles. The molecule has 4 fully saturated rings. The molecule has 2 atom stereocenters. The van der Waals surface area contributed by atoms with Crippen molar-refractivity contribution in [2.75, 3.05) is 6.54 Å². The van der Waals surface area contributed by atoms with E-state index in [0.29, 0.717) is 29.7 Å². The van der Waals surface area contributed by atoms with Gasteiger partial charge in [-0.05, 0) is 108 Å². The van der Waals surface area contributed by atoms with Crippen molar-refractivity contribution in [3.05, 3.63) is 53.7 Å². The molecule has 4 aliphatic rings. The molecule has 4 bridgehead atoms. The van der Waals surface area contributed by atoms with Gasteiger partial charge in [0.05, 0.1) is 11.0 Å². The molecule has 7 rings (SSSR count). The van der Waals surface area contributed by atoms with Crippen LogP contribution in [0.15, 0.2) is 35.0 Å². The summed E-state index contributed by atoms with van der Waals surface area (Å²) in [6.45, 7) is 5.24. The smallest absolute Gasteiger partial charge is 0.433 e. The molecular weight excluding hydrogens is 706 g/mol. The predicted molar refractivity (Wildman–Crippen MR) is 207 cm³/mol. The van der Waals surface area contributed by atoms with E-state index in [0.717, 1.165) is 69.1 Å². The van der Waals surface area contributed by atoms with Crippen LogP contribution in [0.4, 0.5) is 13.2 Å². The second-order valence-electron chi connectivity index (χ2n) is 16.7. The van der Waals surface area contributed by atoms with Crippen molar-refractivity contribution in [3.8, 4) is 11.5 Å². The third-order valence-electron chi connectivity index (χ3n) is 11.9. The number of aryl methyl sites for hydroxylation is 2. The van der Waals surface area contributed by atoms with E-state index in [-0.39, 0.29) is 16.8 Å².